The molecule has 5 rings (SSSR count). The molecule has 9 heteroatoms. The van der Waals surface area contributed by atoms with E-state index >= 15 is 0 Å². The molecule has 1 aliphatic heterocycles. The van der Waals surface area contributed by atoms with E-state index in [1.807, 2.05) is 84.9 Å². The Hall–Kier alpha value is -4.02. The minimum absolute atomic E-state index is 0.122. The molecule has 3 aromatic carbocycles. The first-order chi connectivity index (χ1) is 18.4. The molecule has 2 heterocycles. The summed E-state index contributed by atoms with van der Waals surface area (Å²) < 4.78 is 19.0. The smallest absolute Gasteiger partial charge is 0.330 e. The van der Waals surface area contributed by atoms with Gasteiger partial charge in [0.05, 0.1) is 13.7 Å². The standard InChI is InChI=1S/C29H28N2O7/c1-36-22-14-12-21(13-15-22)29(19-8-4-2-5-9-19,20-10-6-3-7-11-20)37-18-23-25(33)26(34)27(38-23)31-17-16-24(32)30-28(31)35/h2-17,23,25-27,33-34H,18H2,1H3,(H,30,32,35)/t23-,25-,26+,27-/m0/s1. The van der Waals surface area contributed by atoms with Gasteiger partial charge >= 0.3 is 5.69 Å². The van der Waals surface area contributed by atoms with Gasteiger partial charge in [-0.05, 0) is 28.8 Å². The van der Waals surface area contributed by atoms with Gasteiger partial charge in [0.15, 0.2) is 6.23 Å². The fourth-order valence-electron chi connectivity index (χ4n) is 4.85. The number of aromatic amines is 1. The molecule has 1 aromatic heterocycles. The highest BCUT2D eigenvalue weighted by Gasteiger charge is 2.46. The molecule has 0 radical (unpaired) electrons. The summed E-state index contributed by atoms with van der Waals surface area (Å²) >= 11 is 0. The second-order valence-electron chi connectivity index (χ2n) is 9.02. The SMILES string of the molecule is COc1ccc(C(OC[C@@H]2O[C@H](n3ccc(=O)[nH]c3=O)[C@H](O)[C@H]2O)(c2ccccc2)c2ccccc2)cc1. The van der Waals surface area contributed by atoms with Crippen molar-refractivity contribution in [2.75, 3.05) is 13.7 Å². The van der Waals surface area contributed by atoms with E-state index in [4.69, 9.17) is 14.2 Å². The van der Waals surface area contributed by atoms with E-state index in [1.165, 1.54) is 6.20 Å². The zero-order valence-electron chi connectivity index (χ0n) is 20.6. The quantitative estimate of drug-likeness (QED) is 0.307. The van der Waals surface area contributed by atoms with Crippen molar-refractivity contribution < 1.29 is 24.4 Å². The van der Waals surface area contributed by atoms with Crippen LogP contribution in [0.25, 0.3) is 0 Å². The number of benzene rings is 3. The zero-order valence-corrected chi connectivity index (χ0v) is 20.6. The lowest BCUT2D eigenvalue weighted by Crippen LogP contribution is -2.40. The van der Waals surface area contributed by atoms with Crippen molar-refractivity contribution >= 4 is 0 Å². The van der Waals surface area contributed by atoms with Gasteiger partial charge in [-0.3, -0.25) is 14.3 Å². The third-order valence-electron chi connectivity index (χ3n) is 6.78. The number of methoxy groups -OCH3 is 1. The van der Waals surface area contributed by atoms with Crippen molar-refractivity contribution in [1.82, 2.24) is 9.55 Å². The second-order valence-corrected chi connectivity index (χ2v) is 9.02. The fourth-order valence-corrected chi connectivity index (χ4v) is 4.85. The Balaban J connectivity index is 1.54. The maximum atomic E-state index is 12.3. The molecular formula is C29H28N2O7. The zero-order chi connectivity index (χ0) is 26.7. The molecule has 1 aliphatic rings. The molecular weight excluding hydrogens is 488 g/mol. The van der Waals surface area contributed by atoms with Gasteiger partial charge in [-0.2, -0.15) is 0 Å². The first-order valence-electron chi connectivity index (χ1n) is 12.2. The van der Waals surface area contributed by atoms with E-state index in [1.54, 1.807) is 7.11 Å². The third kappa shape index (κ3) is 4.68. The maximum Gasteiger partial charge on any atom is 0.330 e. The predicted molar refractivity (Wildman–Crippen MR) is 139 cm³/mol. The highest BCUT2D eigenvalue weighted by molar-refractivity contribution is 5.48. The van der Waals surface area contributed by atoms with Gasteiger partial charge in [0, 0.05) is 12.3 Å². The van der Waals surface area contributed by atoms with Crippen molar-refractivity contribution in [3.63, 3.8) is 0 Å². The molecule has 38 heavy (non-hydrogen) atoms. The van der Waals surface area contributed by atoms with Crippen LogP contribution in [0.3, 0.4) is 0 Å². The Labute approximate surface area is 218 Å². The molecule has 0 spiro atoms. The lowest BCUT2D eigenvalue weighted by atomic mass is 9.80. The topological polar surface area (TPSA) is 123 Å². The summed E-state index contributed by atoms with van der Waals surface area (Å²) in [5.74, 6) is 0.690. The number of aromatic nitrogens is 2. The van der Waals surface area contributed by atoms with Crippen molar-refractivity contribution in [1.29, 1.82) is 0 Å². The summed E-state index contributed by atoms with van der Waals surface area (Å²) in [5.41, 5.74) is 0.0776. The van der Waals surface area contributed by atoms with Crippen molar-refractivity contribution in [2.45, 2.75) is 30.1 Å². The van der Waals surface area contributed by atoms with Crippen LogP contribution >= 0.6 is 0 Å². The fraction of sp³-hybridized carbons (Fsp3) is 0.241. The minimum atomic E-state index is -1.42. The van der Waals surface area contributed by atoms with E-state index in [0.29, 0.717) is 5.75 Å². The lowest BCUT2D eigenvalue weighted by Gasteiger charge is -2.37. The van der Waals surface area contributed by atoms with Crippen LogP contribution in [0, 0.1) is 0 Å². The molecule has 9 nitrogen and oxygen atoms in total. The summed E-state index contributed by atoms with van der Waals surface area (Å²) in [6, 6.07) is 28.0. The normalized spacial score (nSPS) is 21.3. The van der Waals surface area contributed by atoms with Crippen LogP contribution in [0.15, 0.2) is 107 Å². The van der Waals surface area contributed by atoms with Crippen molar-refractivity contribution in [2.24, 2.45) is 0 Å². The minimum Gasteiger partial charge on any atom is -0.497 e. The maximum absolute atomic E-state index is 12.3. The molecule has 3 N–H and O–H groups in total. The van der Waals surface area contributed by atoms with Crippen molar-refractivity contribution in [3.8, 4) is 5.75 Å². The monoisotopic (exact) mass is 516 g/mol. The van der Waals surface area contributed by atoms with E-state index in [-0.39, 0.29) is 6.61 Å². The molecule has 0 unspecified atom stereocenters. The number of rotatable bonds is 8. The van der Waals surface area contributed by atoms with Gasteiger partial charge in [-0.1, -0.05) is 72.8 Å². The number of nitrogens with zero attached hydrogens (tertiary/aromatic N) is 1. The molecule has 0 bridgehead atoms. The van der Waals surface area contributed by atoms with Gasteiger partial charge in [0.25, 0.3) is 5.56 Å². The first-order valence-corrected chi connectivity index (χ1v) is 12.2. The van der Waals surface area contributed by atoms with Crippen LogP contribution in [0.2, 0.25) is 0 Å². The van der Waals surface area contributed by atoms with Gasteiger partial charge < -0.3 is 24.4 Å². The molecule has 1 saturated heterocycles. The lowest BCUT2D eigenvalue weighted by molar-refractivity contribution is -0.0958. The Morgan fingerprint density at radius 2 is 1.42 bits per heavy atom. The molecule has 1 fully saturated rings. The molecule has 0 aliphatic carbocycles. The number of aliphatic hydroxyl groups excluding tert-OH is 2. The average molecular weight is 517 g/mol. The largest absolute Gasteiger partial charge is 0.497 e. The summed E-state index contributed by atoms with van der Waals surface area (Å²) in [6.45, 7) is -0.122. The van der Waals surface area contributed by atoms with Gasteiger partial charge in [-0.15, -0.1) is 0 Å². The number of H-pyrrole nitrogens is 1. The number of nitrogens with one attached hydrogen (secondary N) is 1. The van der Waals surface area contributed by atoms with Crippen LogP contribution in [0.1, 0.15) is 22.9 Å². The molecule has 4 aromatic rings. The van der Waals surface area contributed by atoms with E-state index in [2.05, 4.69) is 4.98 Å². The van der Waals surface area contributed by atoms with Gasteiger partial charge in [0.2, 0.25) is 0 Å². The summed E-state index contributed by atoms with van der Waals surface area (Å²) in [7, 11) is 1.60. The van der Waals surface area contributed by atoms with Crippen LogP contribution < -0.4 is 16.0 Å². The van der Waals surface area contributed by atoms with Crippen LogP contribution in [-0.4, -0.2) is 51.8 Å². The average Bonchev–Trinajstić information content (AvgIpc) is 3.23. The number of hydrogen-bond donors (Lipinski definition) is 3. The number of ether oxygens (including phenoxy) is 3. The summed E-state index contributed by atoms with van der Waals surface area (Å²) in [4.78, 5) is 25.9. The van der Waals surface area contributed by atoms with E-state index < -0.39 is 41.4 Å². The molecule has 4 atom stereocenters. The Morgan fingerprint density at radius 1 is 0.842 bits per heavy atom. The first kappa shape index (κ1) is 25.6. The van der Waals surface area contributed by atoms with E-state index in [9.17, 15) is 19.8 Å². The second kappa shape index (κ2) is 10.8. The summed E-state index contributed by atoms with van der Waals surface area (Å²) in [5, 5.41) is 21.6. The van der Waals surface area contributed by atoms with Crippen LogP contribution in [0.5, 0.6) is 5.75 Å². The summed E-state index contributed by atoms with van der Waals surface area (Å²) in [6.07, 6.45) is -3.72. The van der Waals surface area contributed by atoms with Gasteiger partial charge in [-0.25, -0.2) is 4.79 Å². The predicted octanol–water partition coefficient (Wildman–Crippen LogP) is 2.17. The Bertz CT molecular complexity index is 1430. The molecule has 0 saturated carbocycles. The third-order valence-corrected chi connectivity index (χ3v) is 6.78. The van der Waals surface area contributed by atoms with Crippen molar-refractivity contribution in [3.05, 3.63) is 135 Å². The van der Waals surface area contributed by atoms with Crippen LogP contribution in [-0.2, 0) is 15.1 Å². The molecule has 196 valence electrons. The number of hydrogen-bond acceptors (Lipinski definition) is 7. The number of aliphatic hydroxyl groups is 2. The highest BCUT2D eigenvalue weighted by Crippen LogP contribution is 2.42. The Morgan fingerprint density at radius 3 is 1.97 bits per heavy atom. The van der Waals surface area contributed by atoms with Crippen LogP contribution in [0.4, 0.5) is 0 Å². The highest BCUT2D eigenvalue weighted by atomic mass is 16.6. The van der Waals surface area contributed by atoms with E-state index in [0.717, 1.165) is 27.3 Å². The van der Waals surface area contributed by atoms with Gasteiger partial charge in [0.1, 0.15) is 29.7 Å². The molecule has 0 amide bonds. The Kier molecular flexibility index (Phi) is 7.26.